The lowest BCUT2D eigenvalue weighted by atomic mass is 9.93. The number of nitrogens with zero attached hydrogens (tertiary/aromatic N) is 5. The Bertz CT molecular complexity index is 1670. The van der Waals surface area contributed by atoms with E-state index in [4.69, 9.17) is 0 Å². The van der Waals surface area contributed by atoms with Gasteiger partial charge in [0.05, 0.1) is 11.2 Å². The van der Waals surface area contributed by atoms with Gasteiger partial charge in [-0.25, -0.2) is 14.5 Å². The number of hydrogen-bond acceptors (Lipinski definition) is 5. The van der Waals surface area contributed by atoms with Crippen molar-refractivity contribution in [3.05, 3.63) is 90.3 Å². The van der Waals surface area contributed by atoms with Gasteiger partial charge in [-0.2, -0.15) is 4.99 Å². The van der Waals surface area contributed by atoms with Crippen LogP contribution in [0.4, 0.5) is 23.7 Å². The summed E-state index contributed by atoms with van der Waals surface area (Å²) in [5.41, 5.74) is 3.71. The average molecular weight is 637 g/mol. The van der Waals surface area contributed by atoms with Crippen LogP contribution in [0, 0.1) is 0 Å². The van der Waals surface area contributed by atoms with Gasteiger partial charge in [0.25, 0.3) is 0 Å². The molecule has 0 radical (unpaired) electrons. The minimum absolute atomic E-state index is 0.207. The first kappa shape index (κ1) is 32.1. The number of aliphatic imine (C=N–C) groups is 1. The predicted molar refractivity (Wildman–Crippen MR) is 172 cm³/mol. The Kier molecular flexibility index (Phi) is 9.24. The molecule has 1 saturated heterocycles. The molecule has 0 spiro atoms. The van der Waals surface area contributed by atoms with Gasteiger partial charge in [-0.15, -0.1) is 18.3 Å². The van der Waals surface area contributed by atoms with Crippen LogP contribution in [0.2, 0.25) is 0 Å². The molecule has 1 atom stereocenters. The standard InChI is InChI=1S/C33H35F3N6O2S/c1-21(2)27-8-6-7-9-28(27)42-22(3)18-19-45-31(42)38-30(43)39-32(4,5)24-12-10-23(11-13-24)29-37-20-41(40-29)25-14-16-26(17-15-25)44-33(34,35)36/h6-17,20-22H,18-19H2,1-5H3,(H,39,43). The Hall–Kier alpha value is -4.32. The van der Waals surface area contributed by atoms with Crippen LogP contribution in [0.1, 0.15) is 58.1 Å². The van der Waals surface area contributed by atoms with E-state index >= 15 is 0 Å². The minimum atomic E-state index is -4.76. The average Bonchev–Trinajstić information content (AvgIpc) is 3.47. The van der Waals surface area contributed by atoms with Gasteiger partial charge in [0.15, 0.2) is 11.0 Å². The molecule has 0 aliphatic carbocycles. The number of ether oxygens (including phenoxy) is 1. The van der Waals surface area contributed by atoms with Gasteiger partial charge in [0.1, 0.15) is 12.1 Å². The molecule has 8 nitrogen and oxygen atoms in total. The number of amides is 2. The lowest BCUT2D eigenvalue weighted by Gasteiger charge is -2.37. The molecule has 1 aromatic heterocycles. The van der Waals surface area contributed by atoms with Crippen LogP contribution in [-0.2, 0) is 5.54 Å². The fourth-order valence-electron chi connectivity index (χ4n) is 5.14. The fraction of sp³-hybridized carbons (Fsp3) is 0.333. The molecule has 2 amide bonds. The van der Waals surface area contributed by atoms with Crippen LogP contribution in [-0.4, -0.2) is 44.1 Å². The van der Waals surface area contributed by atoms with Crippen LogP contribution in [0.5, 0.6) is 5.75 Å². The Morgan fingerprint density at radius 1 is 1.04 bits per heavy atom. The molecule has 0 bridgehead atoms. The summed E-state index contributed by atoms with van der Waals surface area (Å²) in [6.45, 7) is 10.3. The first-order valence-corrected chi connectivity index (χ1v) is 15.6. The third-order valence-corrected chi connectivity index (χ3v) is 8.53. The van der Waals surface area contributed by atoms with Gasteiger partial charge in [0, 0.05) is 23.0 Å². The molecule has 12 heteroatoms. The quantitative estimate of drug-likeness (QED) is 0.220. The van der Waals surface area contributed by atoms with Crippen molar-refractivity contribution in [3.63, 3.8) is 0 Å². The SMILES string of the molecule is CC(C)c1ccccc1N1C(=NC(=O)NC(C)(C)c2ccc(-c3ncn(-c4ccc(OC(F)(F)F)cc4)n3)cc2)SCCC1C. The minimum Gasteiger partial charge on any atom is -0.406 e. The number of nitrogens with one attached hydrogen (secondary N) is 1. The number of rotatable bonds is 7. The maximum absolute atomic E-state index is 13.3. The Balaban J connectivity index is 1.29. The van der Waals surface area contributed by atoms with E-state index in [1.54, 1.807) is 11.8 Å². The number of urea groups is 1. The lowest BCUT2D eigenvalue weighted by Crippen LogP contribution is -2.44. The smallest absolute Gasteiger partial charge is 0.406 e. The topological polar surface area (TPSA) is 84.6 Å². The number of aromatic nitrogens is 3. The molecule has 2 heterocycles. The molecular weight excluding hydrogens is 601 g/mol. The van der Waals surface area contributed by atoms with Crippen molar-refractivity contribution in [1.82, 2.24) is 20.1 Å². The molecule has 1 N–H and O–H groups in total. The second-order valence-corrected chi connectivity index (χ2v) is 12.7. The van der Waals surface area contributed by atoms with Gasteiger partial charge < -0.3 is 15.0 Å². The molecular formula is C33H35F3N6O2S. The monoisotopic (exact) mass is 636 g/mol. The van der Waals surface area contributed by atoms with Crippen molar-refractivity contribution in [2.24, 2.45) is 4.99 Å². The van der Waals surface area contributed by atoms with E-state index in [-0.39, 0.29) is 11.8 Å². The highest BCUT2D eigenvalue weighted by atomic mass is 32.2. The number of thioether (sulfide) groups is 1. The molecule has 236 valence electrons. The molecule has 1 aliphatic rings. The van der Waals surface area contributed by atoms with E-state index in [0.29, 0.717) is 22.6 Å². The van der Waals surface area contributed by atoms with Crippen molar-refractivity contribution < 1.29 is 22.7 Å². The molecule has 1 fully saturated rings. The van der Waals surface area contributed by atoms with E-state index in [1.165, 1.54) is 40.8 Å². The highest BCUT2D eigenvalue weighted by molar-refractivity contribution is 8.14. The third kappa shape index (κ3) is 7.67. The molecule has 1 unspecified atom stereocenters. The highest BCUT2D eigenvalue weighted by Gasteiger charge is 2.31. The van der Waals surface area contributed by atoms with Crippen LogP contribution in [0.15, 0.2) is 84.1 Å². The van der Waals surface area contributed by atoms with E-state index in [1.807, 2.05) is 50.2 Å². The van der Waals surface area contributed by atoms with E-state index in [9.17, 15) is 18.0 Å². The zero-order valence-electron chi connectivity index (χ0n) is 25.7. The maximum atomic E-state index is 13.3. The maximum Gasteiger partial charge on any atom is 0.573 e. The summed E-state index contributed by atoms with van der Waals surface area (Å²) in [6, 6.07) is 21.0. The number of hydrogen-bond donors (Lipinski definition) is 1. The fourth-order valence-corrected chi connectivity index (χ4v) is 6.35. The van der Waals surface area contributed by atoms with Gasteiger partial charge in [-0.1, -0.05) is 68.1 Å². The van der Waals surface area contributed by atoms with Crippen LogP contribution >= 0.6 is 11.8 Å². The van der Waals surface area contributed by atoms with Gasteiger partial charge in [-0.3, -0.25) is 0 Å². The van der Waals surface area contributed by atoms with Crippen molar-refractivity contribution in [1.29, 1.82) is 0 Å². The van der Waals surface area contributed by atoms with E-state index < -0.39 is 17.9 Å². The second-order valence-electron chi connectivity index (χ2n) is 11.7. The summed E-state index contributed by atoms with van der Waals surface area (Å²) >= 11 is 1.59. The molecule has 45 heavy (non-hydrogen) atoms. The summed E-state index contributed by atoms with van der Waals surface area (Å²) in [5, 5.41) is 8.22. The van der Waals surface area contributed by atoms with Gasteiger partial charge in [-0.05, 0) is 74.6 Å². The predicted octanol–water partition coefficient (Wildman–Crippen LogP) is 8.29. The number of anilines is 1. The number of benzene rings is 3. The molecule has 5 rings (SSSR count). The largest absolute Gasteiger partial charge is 0.573 e. The summed E-state index contributed by atoms with van der Waals surface area (Å²) in [5.74, 6) is 1.34. The number of carbonyl (C=O) groups excluding carboxylic acids is 1. The number of carbonyl (C=O) groups is 1. The van der Waals surface area contributed by atoms with Crippen LogP contribution in [0.25, 0.3) is 17.1 Å². The zero-order chi connectivity index (χ0) is 32.4. The highest BCUT2D eigenvalue weighted by Crippen LogP contribution is 2.35. The third-order valence-electron chi connectivity index (χ3n) is 7.54. The van der Waals surface area contributed by atoms with Gasteiger partial charge in [0.2, 0.25) is 0 Å². The summed E-state index contributed by atoms with van der Waals surface area (Å²) in [6.07, 6.45) is -2.28. The Labute approximate surface area is 264 Å². The molecule has 0 saturated carbocycles. The second kappa shape index (κ2) is 13.0. The lowest BCUT2D eigenvalue weighted by molar-refractivity contribution is -0.274. The molecule has 4 aromatic rings. The van der Waals surface area contributed by atoms with Crippen molar-refractivity contribution in [2.45, 2.75) is 64.9 Å². The number of para-hydroxylation sites is 1. The van der Waals surface area contributed by atoms with E-state index in [0.717, 1.165) is 29.0 Å². The van der Waals surface area contributed by atoms with Gasteiger partial charge >= 0.3 is 12.4 Å². The number of halogens is 3. The number of alkyl halides is 3. The molecule has 3 aromatic carbocycles. The summed E-state index contributed by atoms with van der Waals surface area (Å²) in [4.78, 5) is 24.4. The summed E-state index contributed by atoms with van der Waals surface area (Å²) in [7, 11) is 0. The number of amidine groups is 1. The van der Waals surface area contributed by atoms with Crippen LogP contribution in [0.3, 0.4) is 0 Å². The Morgan fingerprint density at radius 2 is 1.73 bits per heavy atom. The summed E-state index contributed by atoms with van der Waals surface area (Å²) < 4.78 is 42.8. The normalized spacial score (nSPS) is 16.7. The zero-order valence-corrected chi connectivity index (χ0v) is 26.5. The van der Waals surface area contributed by atoms with Crippen molar-refractivity contribution >= 4 is 28.6 Å². The Morgan fingerprint density at radius 3 is 2.40 bits per heavy atom. The first-order chi connectivity index (χ1) is 21.3. The van der Waals surface area contributed by atoms with Crippen molar-refractivity contribution in [3.8, 4) is 22.8 Å². The molecule has 1 aliphatic heterocycles. The van der Waals surface area contributed by atoms with E-state index in [2.05, 4.69) is 62.9 Å². The first-order valence-electron chi connectivity index (χ1n) is 14.6. The van der Waals surface area contributed by atoms with Crippen LogP contribution < -0.4 is 15.0 Å². The van der Waals surface area contributed by atoms with Crippen molar-refractivity contribution in [2.75, 3.05) is 10.7 Å².